The predicted octanol–water partition coefficient (Wildman–Crippen LogP) is 0.567. The molecule has 7 heteroatoms. The van der Waals surface area contributed by atoms with Crippen molar-refractivity contribution in [3.8, 4) is 11.5 Å². The molecule has 6 nitrogen and oxygen atoms in total. The zero-order valence-electron chi connectivity index (χ0n) is 11.2. The third kappa shape index (κ3) is 3.59. The highest BCUT2D eigenvalue weighted by Gasteiger charge is 2.20. The van der Waals surface area contributed by atoms with Crippen LogP contribution in [0.25, 0.3) is 0 Å². The Morgan fingerprint density at radius 1 is 1.32 bits per heavy atom. The second-order valence-corrected chi connectivity index (χ2v) is 6.55. The van der Waals surface area contributed by atoms with Gasteiger partial charge in [-0.05, 0) is 31.8 Å². The maximum absolute atomic E-state index is 11.2. The first-order valence-corrected chi connectivity index (χ1v) is 7.76. The Morgan fingerprint density at radius 2 is 2.00 bits per heavy atom. The van der Waals surface area contributed by atoms with Crippen molar-refractivity contribution < 1.29 is 17.9 Å². The van der Waals surface area contributed by atoms with Gasteiger partial charge in [-0.3, -0.25) is 0 Å². The van der Waals surface area contributed by atoms with E-state index in [1.54, 1.807) is 0 Å². The van der Waals surface area contributed by atoms with E-state index in [1.807, 2.05) is 37.2 Å². The van der Waals surface area contributed by atoms with Gasteiger partial charge in [0, 0.05) is 12.6 Å². The molecule has 106 valence electrons. The molecule has 1 aromatic carbocycles. The second kappa shape index (κ2) is 5.36. The van der Waals surface area contributed by atoms with Crippen LogP contribution in [0.15, 0.2) is 18.2 Å². The van der Waals surface area contributed by atoms with Gasteiger partial charge in [0.05, 0.1) is 6.26 Å². The highest BCUT2D eigenvalue weighted by atomic mass is 32.2. The molecular formula is C12H18N2O4S. The van der Waals surface area contributed by atoms with Gasteiger partial charge in [0.15, 0.2) is 11.5 Å². The summed E-state index contributed by atoms with van der Waals surface area (Å²) in [4.78, 5) is 1.95. The zero-order valence-corrected chi connectivity index (χ0v) is 12.0. The lowest BCUT2D eigenvalue weighted by atomic mass is 10.1. The van der Waals surface area contributed by atoms with Crippen LogP contribution < -0.4 is 14.2 Å². The Kier molecular flexibility index (Phi) is 3.98. The first-order valence-electron chi connectivity index (χ1n) is 5.87. The number of hydrogen-bond donors (Lipinski definition) is 1. The molecule has 1 aliphatic heterocycles. The monoisotopic (exact) mass is 286 g/mol. The number of nitrogens with zero attached hydrogens (tertiary/aromatic N) is 1. The lowest BCUT2D eigenvalue weighted by molar-refractivity contribution is 0.174. The molecule has 1 aromatic rings. The van der Waals surface area contributed by atoms with Crippen LogP contribution in [-0.2, 0) is 10.0 Å². The number of hydrogen-bond acceptors (Lipinski definition) is 5. The van der Waals surface area contributed by atoms with E-state index in [0.29, 0.717) is 12.3 Å². The van der Waals surface area contributed by atoms with Crippen molar-refractivity contribution in [1.29, 1.82) is 0 Å². The highest BCUT2D eigenvalue weighted by Crippen LogP contribution is 2.34. The fourth-order valence-corrected chi connectivity index (χ4v) is 2.41. The van der Waals surface area contributed by atoms with Crippen molar-refractivity contribution in [2.45, 2.75) is 6.04 Å². The van der Waals surface area contributed by atoms with Crippen molar-refractivity contribution in [2.24, 2.45) is 0 Å². The van der Waals surface area contributed by atoms with Crippen molar-refractivity contribution in [3.05, 3.63) is 23.8 Å². The summed E-state index contributed by atoms with van der Waals surface area (Å²) in [6, 6.07) is 5.58. The van der Waals surface area contributed by atoms with Gasteiger partial charge in [0.25, 0.3) is 0 Å². The molecule has 0 radical (unpaired) electrons. The van der Waals surface area contributed by atoms with Gasteiger partial charge in [-0.25, -0.2) is 13.1 Å². The van der Waals surface area contributed by atoms with Crippen LogP contribution in [0, 0.1) is 0 Å². The molecule has 1 unspecified atom stereocenters. The van der Waals surface area contributed by atoms with Crippen LogP contribution in [0.3, 0.4) is 0 Å². The summed E-state index contributed by atoms with van der Waals surface area (Å²) >= 11 is 0. The van der Waals surface area contributed by atoms with E-state index < -0.39 is 10.0 Å². The number of likely N-dealkylation sites (N-methyl/N-ethyl adjacent to an activating group) is 1. The zero-order chi connectivity index (χ0) is 14.0. The van der Waals surface area contributed by atoms with E-state index in [-0.39, 0.29) is 12.8 Å². The molecule has 1 heterocycles. The molecule has 0 spiro atoms. The van der Waals surface area contributed by atoms with Crippen LogP contribution in [0.1, 0.15) is 11.6 Å². The quantitative estimate of drug-likeness (QED) is 0.857. The van der Waals surface area contributed by atoms with E-state index in [2.05, 4.69) is 4.72 Å². The fraction of sp³-hybridized carbons (Fsp3) is 0.500. The van der Waals surface area contributed by atoms with Gasteiger partial charge in [-0.2, -0.15) is 0 Å². The largest absolute Gasteiger partial charge is 0.454 e. The van der Waals surface area contributed by atoms with Gasteiger partial charge in [0.1, 0.15) is 0 Å². The first kappa shape index (κ1) is 14.1. The Morgan fingerprint density at radius 3 is 2.63 bits per heavy atom. The minimum Gasteiger partial charge on any atom is -0.454 e. The van der Waals surface area contributed by atoms with Crippen molar-refractivity contribution in [3.63, 3.8) is 0 Å². The molecule has 1 atom stereocenters. The van der Waals surface area contributed by atoms with Crippen LogP contribution >= 0.6 is 0 Å². The summed E-state index contributed by atoms with van der Waals surface area (Å²) in [5, 5.41) is 0. The summed E-state index contributed by atoms with van der Waals surface area (Å²) in [5.74, 6) is 1.42. The molecule has 0 aliphatic carbocycles. The van der Waals surface area contributed by atoms with Crippen molar-refractivity contribution >= 4 is 10.0 Å². The van der Waals surface area contributed by atoms with Crippen LogP contribution in [0.5, 0.6) is 11.5 Å². The van der Waals surface area contributed by atoms with E-state index >= 15 is 0 Å². The van der Waals surface area contributed by atoms with Gasteiger partial charge >= 0.3 is 0 Å². The Bertz CT molecular complexity index is 557. The summed E-state index contributed by atoms with van der Waals surface area (Å²) in [6.45, 7) is 0.540. The average molecular weight is 286 g/mol. The molecule has 0 bridgehead atoms. The molecule has 2 rings (SSSR count). The molecular weight excluding hydrogens is 268 g/mol. The van der Waals surface area contributed by atoms with Gasteiger partial charge in [-0.1, -0.05) is 6.07 Å². The van der Waals surface area contributed by atoms with E-state index in [0.717, 1.165) is 17.6 Å². The average Bonchev–Trinajstić information content (AvgIpc) is 2.74. The second-order valence-electron chi connectivity index (χ2n) is 4.71. The standard InChI is InChI=1S/C12H18N2O4S/c1-14(2)10(7-13-19(3,15)16)9-4-5-11-12(6-9)18-8-17-11/h4-6,10,13H,7-8H2,1-3H3. The summed E-state index contributed by atoms with van der Waals surface area (Å²) in [5.41, 5.74) is 0.977. The Hall–Kier alpha value is -1.31. The Labute approximate surface area is 113 Å². The SMILES string of the molecule is CN(C)C(CNS(C)(=O)=O)c1ccc2c(c1)OCO2. The van der Waals surface area contributed by atoms with E-state index in [1.165, 1.54) is 0 Å². The molecule has 19 heavy (non-hydrogen) atoms. The highest BCUT2D eigenvalue weighted by molar-refractivity contribution is 7.88. The molecule has 1 N–H and O–H groups in total. The van der Waals surface area contributed by atoms with Crippen molar-refractivity contribution in [2.75, 3.05) is 33.7 Å². The Balaban J connectivity index is 2.19. The van der Waals surface area contributed by atoms with Crippen LogP contribution in [0.2, 0.25) is 0 Å². The van der Waals surface area contributed by atoms with Crippen molar-refractivity contribution in [1.82, 2.24) is 9.62 Å². The number of rotatable bonds is 5. The van der Waals surface area contributed by atoms with Gasteiger partial charge < -0.3 is 14.4 Å². The molecule has 0 saturated carbocycles. The van der Waals surface area contributed by atoms with Crippen LogP contribution in [0.4, 0.5) is 0 Å². The van der Waals surface area contributed by atoms with E-state index in [4.69, 9.17) is 9.47 Å². The normalized spacial score (nSPS) is 15.8. The topological polar surface area (TPSA) is 67.9 Å². The number of nitrogens with one attached hydrogen (secondary N) is 1. The van der Waals surface area contributed by atoms with Crippen LogP contribution in [-0.4, -0.2) is 47.0 Å². The minimum atomic E-state index is -3.20. The third-order valence-electron chi connectivity index (χ3n) is 2.94. The maximum Gasteiger partial charge on any atom is 0.231 e. The minimum absolute atomic E-state index is 0.0655. The third-order valence-corrected chi connectivity index (χ3v) is 3.63. The molecule has 0 fully saturated rings. The lowest BCUT2D eigenvalue weighted by Crippen LogP contribution is -2.33. The molecule has 1 aliphatic rings. The molecule has 0 saturated heterocycles. The molecule has 0 amide bonds. The number of benzene rings is 1. The summed E-state index contributed by atoms with van der Waals surface area (Å²) in [7, 11) is 0.599. The predicted molar refractivity (Wildman–Crippen MR) is 71.8 cm³/mol. The maximum atomic E-state index is 11.2. The first-order chi connectivity index (χ1) is 8.87. The smallest absolute Gasteiger partial charge is 0.231 e. The number of fused-ring (bicyclic) bond motifs is 1. The number of ether oxygens (including phenoxy) is 2. The summed E-state index contributed by atoms with van der Waals surface area (Å²) < 4.78 is 35.5. The lowest BCUT2D eigenvalue weighted by Gasteiger charge is -2.24. The van der Waals surface area contributed by atoms with Gasteiger partial charge in [-0.15, -0.1) is 0 Å². The molecule has 0 aromatic heterocycles. The summed E-state index contributed by atoms with van der Waals surface area (Å²) in [6.07, 6.45) is 1.15. The van der Waals surface area contributed by atoms with Gasteiger partial charge in [0.2, 0.25) is 16.8 Å². The number of sulfonamides is 1. The fourth-order valence-electron chi connectivity index (χ4n) is 1.95. The van der Waals surface area contributed by atoms with E-state index in [9.17, 15) is 8.42 Å².